The summed E-state index contributed by atoms with van der Waals surface area (Å²) in [6.45, 7) is 9.83. The van der Waals surface area contributed by atoms with Gasteiger partial charge in [-0.25, -0.2) is 4.98 Å². The van der Waals surface area contributed by atoms with Gasteiger partial charge in [0, 0.05) is 5.69 Å². The van der Waals surface area contributed by atoms with E-state index < -0.39 is 18.3 Å². The predicted molar refractivity (Wildman–Crippen MR) is 77.6 cm³/mol. The van der Waals surface area contributed by atoms with Crippen LogP contribution in [0.2, 0.25) is 0 Å². The van der Waals surface area contributed by atoms with E-state index >= 15 is 0 Å². The topological polar surface area (TPSA) is 48.4 Å². The average Bonchev–Trinajstić information content (AvgIpc) is 2.77. The molecule has 1 fully saturated rings. The van der Waals surface area contributed by atoms with Gasteiger partial charge in [-0.15, -0.1) is 22.9 Å². The number of ketones is 1. The van der Waals surface area contributed by atoms with Crippen molar-refractivity contribution in [3.63, 3.8) is 0 Å². The number of carbonyl (C=O) groups excluding carboxylic acids is 1. The van der Waals surface area contributed by atoms with E-state index in [-0.39, 0.29) is 11.7 Å². The van der Waals surface area contributed by atoms with Crippen molar-refractivity contribution in [3.8, 4) is 0 Å². The van der Waals surface area contributed by atoms with Gasteiger partial charge in [-0.05, 0) is 34.6 Å². The second-order valence-corrected chi connectivity index (χ2v) is 6.91. The molecule has 1 aromatic heterocycles. The van der Waals surface area contributed by atoms with Crippen molar-refractivity contribution >= 4 is 40.6 Å². The molecule has 0 amide bonds. The standard InChI is InChI=1S/C12H17BClNO3S/c1-7-9(19-10(15-7)8(16)6-14)13-17-11(2,3)12(4,5)18-13/h6H2,1-5H3. The third kappa shape index (κ3) is 2.59. The van der Waals surface area contributed by atoms with E-state index in [1.54, 1.807) is 0 Å². The van der Waals surface area contributed by atoms with Gasteiger partial charge in [0.1, 0.15) is 0 Å². The van der Waals surface area contributed by atoms with Crippen molar-refractivity contribution in [2.45, 2.75) is 45.8 Å². The summed E-state index contributed by atoms with van der Waals surface area (Å²) in [7, 11) is -0.473. The second kappa shape index (κ2) is 4.84. The fourth-order valence-electron chi connectivity index (χ4n) is 1.75. The normalized spacial score (nSPS) is 20.8. The highest BCUT2D eigenvalue weighted by molar-refractivity contribution is 7.23. The monoisotopic (exact) mass is 301 g/mol. The highest BCUT2D eigenvalue weighted by atomic mass is 35.5. The summed E-state index contributed by atoms with van der Waals surface area (Å²) in [6, 6.07) is 0. The van der Waals surface area contributed by atoms with Crippen molar-refractivity contribution in [3.05, 3.63) is 10.7 Å². The Hall–Kier alpha value is -0.425. The fourth-order valence-corrected chi connectivity index (χ4v) is 2.92. The lowest BCUT2D eigenvalue weighted by molar-refractivity contribution is 0.00578. The molecule has 0 N–H and O–H groups in total. The highest BCUT2D eigenvalue weighted by Crippen LogP contribution is 2.37. The zero-order chi connectivity index (χ0) is 14.4. The number of hydrogen-bond acceptors (Lipinski definition) is 5. The van der Waals surface area contributed by atoms with E-state index in [9.17, 15) is 4.79 Å². The zero-order valence-electron chi connectivity index (χ0n) is 11.7. The van der Waals surface area contributed by atoms with Crippen LogP contribution in [0.1, 0.15) is 43.2 Å². The molecule has 0 atom stereocenters. The molecule has 1 aliphatic rings. The molecule has 0 aromatic carbocycles. The maximum atomic E-state index is 11.6. The zero-order valence-corrected chi connectivity index (χ0v) is 13.3. The highest BCUT2D eigenvalue weighted by Gasteiger charge is 2.52. The number of carbonyl (C=O) groups is 1. The first kappa shape index (κ1) is 15.0. The predicted octanol–water partition coefficient (Wildman–Crippen LogP) is 2.17. The van der Waals surface area contributed by atoms with Crippen LogP contribution in [0.5, 0.6) is 0 Å². The smallest absolute Gasteiger partial charge is 0.399 e. The summed E-state index contributed by atoms with van der Waals surface area (Å²) in [6.07, 6.45) is 0. The van der Waals surface area contributed by atoms with E-state index in [1.165, 1.54) is 11.3 Å². The lowest BCUT2D eigenvalue weighted by Crippen LogP contribution is -2.41. The quantitative estimate of drug-likeness (QED) is 0.488. The molecule has 0 saturated carbocycles. The number of thiazole rings is 1. The van der Waals surface area contributed by atoms with Crippen LogP contribution in [0.3, 0.4) is 0 Å². The molecule has 1 aromatic rings. The van der Waals surface area contributed by atoms with E-state index in [1.807, 2.05) is 34.6 Å². The van der Waals surface area contributed by atoms with Gasteiger partial charge in [0.15, 0.2) is 5.01 Å². The summed E-state index contributed by atoms with van der Waals surface area (Å²) in [4.78, 5) is 15.8. The van der Waals surface area contributed by atoms with Crippen molar-refractivity contribution in [2.24, 2.45) is 0 Å². The van der Waals surface area contributed by atoms with Gasteiger partial charge in [-0.3, -0.25) is 4.79 Å². The first-order valence-corrected chi connectivity index (χ1v) is 7.45. The van der Waals surface area contributed by atoms with Crippen LogP contribution in [0.25, 0.3) is 0 Å². The lowest BCUT2D eigenvalue weighted by Gasteiger charge is -2.32. The number of alkyl halides is 1. The van der Waals surface area contributed by atoms with Gasteiger partial charge >= 0.3 is 7.12 Å². The van der Waals surface area contributed by atoms with Gasteiger partial charge in [0.25, 0.3) is 0 Å². The summed E-state index contributed by atoms with van der Waals surface area (Å²) in [5, 5.41) is 0.414. The molecule has 2 rings (SSSR count). The molecule has 0 spiro atoms. The van der Waals surface area contributed by atoms with E-state index in [0.717, 1.165) is 10.5 Å². The minimum absolute atomic E-state index is 0.0598. The molecular formula is C12H17BClNO3S. The Morgan fingerprint density at radius 2 is 1.84 bits per heavy atom. The molecule has 7 heteroatoms. The molecule has 2 heterocycles. The summed E-state index contributed by atoms with van der Waals surface area (Å²) in [5.41, 5.74) is -0.0350. The first-order chi connectivity index (χ1) is 8.68. The van der Waals surface area contributed by atoms with E-state index in [2.05, 4.69) is 4.98 Å². The Morgan fingerprint density at radius 1 is 1.32 bits per heavy atom. The fraction of sp³-hybridized carbons (Fsp3) is 0.667. The van der Waals surface area contributed by atoms with Gasteiger partial charge in [0.2, 0.25) is 5.78 Å². The minimum atomic E-state index is -0.473. The molecule has 0 radical (unpaired) electrons. The molecule has 0 bridgehead atoms. The van der Waals surface area contributed by atoms with Crippen molar-refractivity contribution in [1.82, 2.24) is 4.98 Å². The third-order valence-electron chi connectivity index (χ3n) is 3.66. The molecule has 0 aliphatic carbocycles. The first-order valence-electron chi connectivity index (χ1n) is 6.10. The molecule has 0 unspecified atom stereocenters. The Bertz CT molecular complexity index is 499. The third-order valence-corrected chi connectivity index (χ3v) is 5.12. The maximum absolute atomic E-state index is 11.6. The second-order valence-electron chi connectivity index (χ2n) is 5.61. The molecular weight excluding hydrogens is 284 g/mol. The maximum Gasteiger partial charge on any atom is 0.507 e. The van der Waals surface area contributed by atoms with Crippen molar-refractivity contribution < 1.29 is 14.1 Å². The minimum Gasteiger partial charge on any atom is -0.399 e. The van der Waals surface area contributed by atoms with Crippen LogP contribution in [0.4, 0.5) is 0 Å². The Balaban J connectivity index is 2.30. The largest absolute Gasteiger partial charge is 0.507 e. The summed E-state index contributed by atoms with van der Waals surface area (Å²) >= 11 is 6.85. The SMILES string of the molecule is Cc1nc(C(=O)CCl)sc1B1OC(C)(C)C(C)(C)O1. The van der Waals surface area contributed by atoms with Gasteiger partial charge in [-0.2, -0.15) is 0 Å². The van der Waals surface area contributed by atoms with E-state index in [0.29, 0.717) is 5.01 Å². The molecule has 1 aliphatic heterocycles. The average molecular weight is 302 g/mol. The number of hydrogen-bond donors (Lipinski definition) is 0. The number of rotatable bonds is 3. The van der Waals surface area contributed by atoms with Crippen LogP contribution in [0, 0.1) is 6.92 Å². The molecule has 19 heavy (non-hydrogen) atoms. The van der Waals surface area contributed by atoms with Crippen LogP contribution in [-0.2, 0) is 9.31 Å². The van der Waals surface area contributed by atoms with Gasteiger partial charge in [0.05, 0.1) is 21.9 Å². The van der Waals surface area contributed by atoms with Crippen LogP contribution in [0.15, 0.2) is 0 Å². The Morgan fingerprint density at radius 3 is 2.32 bits per heavy atom. The van der Waals surface area contributed by atoms with Gasteiger partial charge < -0.3 is 9.31 Å². The van der Waals surface area contributed by atoms with Gasteiger partial charge in [-0.1, -0.05) is 0 Å². The van der Waals surface area contributed by atoms with E-state index in [4.69, 9.17) is 20.9 Å². The van der Waals surface area contributed by atoms with Crippen molar-refractivity contribution in [1.29, 1.82) is 0 Å². The van der Waals surface area contributed by atoms with Crippen molar-refractivity contribution in [2.75, 3.05) is 5.88 Å². The lowest BCUT2D eigenvalue weighted by atomic mass is 9.86. The summed E-state index contributed by atoms with van der Waals surface area (Å²) < 4.78 is 12.8. The number of halogens is 1. The number of aromatic nitrogens is 1. The number of nitrogens with zero attached hydrogens (tertiary/aromatic N) is 1. The van der Waals surface area contributed by atoms with Crippen LogP contribution in [-0.4, -0.2) is 35.0 Å². The van der Waals surface area contributed by atoms with Crippen LogP contribution < -0.4 is 4.78 Å². The molecule has 104 valence electrons. The Kier molecular flexibility index (Phi) is 3.82. The number of Topliss-reactive ketones (excluding diaryl/α,β-unsaturated/α-hetero) is 1. The summed E-state index contributed by atoms with van der Waals surface area (Å²) in [5.74, 6) is -0.229. The molecule has 4 nitrogen and oxygen atoms in total. The number of aryl methyl sites for hydroxylation is 1. The molecule has 1 saturated heterocycles. The van der Waals surface area contributed by atoms with Crippen LogP contribution >= 0.6 is 22.9 Å². The Labute approximate surface area is 122 Å².